The van der Waals surface area contributed by atoms with Gasteiger partial charge in [0.1, 0.15) is 6.61 Å². The lowest BCUT2D eigenvalue weighted by molar-refractivity contribution is 0.0433. The van der Waals surface area contributed by atoms with Gasteiger partial charge < -0.3 is 9.84 Å². The standard InChI is InChI=1S/C9H9ClO5S/c10-16(13,14)8-3-1-7(2-4-8)9(12)15-6-5-11/h1-4,11H,5-6H2. The van der Waals surface area contributed by atoms with Crippen LogP contribution in [0.25, 0.3) is 0 Å². The number of hydrogen-bond donors (Lipinski definition) is 1. The van der Waals surface area contributed by atoms with Crippen LogP contribution < -0.4 is 0 Å². The minimum absolute atomic E-state index is 0.0899. The molecule has 0 bridgehead atoms. The molecule has 0 aliphatic rings. The van der Waals surface area contributed by atoms with Crippen LogP contribution in [0.2, 0.25) is 0 Å². The van der Waals surface area contributed by atoms with Crippen LogP contribution in [0.5, 0.6) is 0 Å². The fourth-order valence-corrected chi connectivity index (χ4v) is 1.75. The zero-order valence-electron chi connectivity index (χ0n) is 8.09. The van der Waals surface area contributed by atoms with Crippen molar-refractivity contribution in [1.82, 2.24) is 0 Å². The molecule has 0 heterocycles. The second-order valence-electron chi connectivity index (χ2n) is 2.82. The molecule has 0 fully saturated rings. The molecule has 0 aliphatic heterocycles. The van der Waals surface area contributed by atoms with Gasteiger partial charge in [0.2, 0.25) is 0 Å². The van der Waals surface area contributed by atoms with Gasteiger partial charge in [-0.1, -0.05) is 0 Å². The number of carbonyl (C=O) groups is 1. The maximum Gasteiger partial charge on any atom is 0.338 e. The molecule has 1 rings (SSSR count). The zero-order valence-corrected chi connectivity index (χ0v) is 9.66. The summed E-state index contributed by atoms with van der Waals surface area (Å²) in [4.78, 5) is 11.2. The van der Waals surface area contributed by atoms with Gasteiger partial charge in [0.15, 0.2) is 0 Å². The first-order chi connectivity index (χ1) is 7.45. The van der Waals surface area contributed by atoms with E-state index in [2.05, 4.69) is 4.74 Å². The fourth-order valence-electron chi connectivity index (χ4n) is 0.975. The Morgan fingerprint density at radius 1 is 1.31 bits per heavy atom. The van der Waals surface area contributed by atoms with Crippen LogP contribution in [0, 0.1) is 0 Å². The van der Waals surface area contributed by atoms with E-state index in [1.807, 2.05) is 0 Å². The third-order valence-electron chi connectivity index (χ3n) is 1.70. The van der Waals surface area contributed by atoms with E-state index < -0.39 is 15.0 Å². The van der Waals surface area contributed by atoms with Gasteiger partial charge in [-0.3, -0.25) is 0 Å². The highest BCUT2D eigenvalue weighted by molar-refractivity contribution is 8.13. The van der Waals surface area contributed by atoms with Gasteiger partial charge in [-0.2, -0.15) is 0 Å². The molecule has 0 saturated carbocycles. The largest absolute Gasteiger partial charge is 0.460 e. The lowest BCUT2D eigenvalue weighted by atomic mass is 10.2. The van der Waals surface area contributed by atoms with Crippen molar-refractivity contribution in [2.45, 2.75) is 4.90 Å². The average molecular weight is 265 g/mol. The van der Waals surface area contributed by atoms with Gasteiger partial charge in [0, 0.05) is 10.7 Å². The highest BCUT2D eigenvalue weighted by atomic mass is 35.7. The molecular formula is C9H9ClO5S. The molecule has 0 unspecified atom stereocenters. The van der Waals surface area contributed by atoms with E-state index in [0.717, 1.165) is 0 Å². The van der Waals surface area contributed by atoms with Gasteiger partial charge in [0.05, 0.1) is 17.1 Å². The number of hydrogen-bond acceptors (Lipinski definition) is 5. The van der Waals surface area contributed by atoms with Crippen molar-refractivity contribution in [1.29, 1.82) is 0 Å². The quantitative estimate of drug-likeness (QED) is 0.642. The van der Waals surface area contributed by atoms with Gasteiger partial charge in [-0.05, 0) is 24.3 Å². The van der Waals surface area contributed by atoms with Gasteiger partial charge in [-0.15, -0.1) is 0 Å². The molecule has 1 aromatic rings. The summed E-state index contributed by atoms with van der Waals surface area (Å²) in [5, 5.41) is 8.44. The molecule has 7 heteroatoms. The molecule has 0 atom stereocenters. The van der Waals surface area contributed by atoms with E-state index in [-0.39, 0.29) is 23.7 Å². The van der Waals surface area contributed by atoms with Crippen LogP contribution >= 0.6 is 10.7 Å². The van der Waals surface area contributed by atoms with E-state index in [1.54, 1.807) is 0 Å². The van der Waals surface area contributed by atoms with Crippen molar-refractivity contribution in [2.24, 2.45) is 0 Å². The maximum absolute atomic E-state index is 11.2. The molecule has 0 spiro atoms. The number of benzene rings is 1. The van der Waals surface area contributed by atoms with Gasteiger partial charge in [-0.25, -0.2) is 13.2 Å². The lowest BCUT2D eigenvalue weighted by Gasteiger charge is -2.02. The van der Waals surface area contributed by atoms with Crippen LogP contribution in [-0.4, -0.2) is 32.7 Å². The van der Waals surface area contributed by atoms with Crippen LogP contribution in [0.3, 0.4) is 0 Å². The Morgan fingerprint density at radius 3 is 2.31 bits per heavy atom. The number of aliphatic hydroxyl groups excluding tert-OH is 1. The topological polar surface area (TPSA) is 80.7 Å². The number of rotatable bonds is 4. The molecule has 0 amide bonds. The third kappa shape index (κ3) is 3.48. The van der Waals surface area contributed by atoms with Crippen molar-refractivity contribution in [3.05, 3.63) is 29.8 Å². The maximum atomic E-state index is 11.2. The normalized spacial score (nSPS) is 11.1. The number of esters is 1. The number of halogens is 1. The lowest BCUT2D eigenvalue weighted by Crippen LogP contribution is -2.08. The Bertz CT molecular complexity index is 465. The monoisotopic (exact) mass is 264 g/mol. The van der Waals surface area contributed by atoms with E-state index in [1.165, 1.54) is 24.3 Å². The molecule has 88 valence electrons. The molecular weight excluding hydrogens is 256 g/mol. The molecule has 1 aromatic carbocycles. The van der Waals surface area contributed by atoms with E-state index in [4.69, 9.17) is 15.8 Å². The first kappa shape index (κ1) is 13.0. The summed E-state index contributed by atoms with van der Waals surface area (Å²) in [6.07, 6.45) is 0. The molecule has 0 aliphatic carbocycles. The van der Waals surface area contributed by atoms with Gasteiger partial charge in [0.25, 0.3) is 9.05 Å². The van der Waals surface area contributed by atoms with Crippen LogP contribution in [0.4, 0.5) is 0 Å². The van der Waals surface area contributed by atoms with Crippen molar-refractivity contribution in [2.75, 3.05) is 13.2 Å². The van der Waals surface area contributed by atoms with Crippen molar-refractivity contribution in [3.8, 4) is 0 Å². The minimum Gasteiger partial charge on any atom is -0.460 e. The second kappa shape index (κ2) is 5.29. The van der Waals surface area contributed by atoms with Gasteiger partial charge >= 0.3 is 5.97 Å². The van der Waals surface area contributed by atoms with E-state index in [9.17, 15) is 13.2 Å². The highest BCUT2D eigenvalue weighted by Crippen LogP contribution is 2.15. The minimum atomic E-state index is -3.78. The van der Waals surface area contributed by atoms with Crippen LogP contribution in [0.1, 0.15) is 10.4 Å². The predicted molar refractivity (Wildman–Crippen MR) is 56.8 cm³/mol. The van der Waals surface area contributed by atoms with E-state index >= 15 is 0 Å². The summed E-state index contributed by atoms with van der Waals surface area (Å²) < 4.78 is 26.4. The van der Waals surface area contributed by atoms with Crippen LogP contribution in [-0.2, 0) is 13.8 Å². The molecule has 5 nitrogen and oxygen atoms in total. The number of carbonyl (C=O) groups excluding carboxylic acids is 1. The summed E-state index contributed by atoms with van der Waals surface area (Å²) >= 11 is 0. The Balaban J connectivity index is 2.83. The Kier molecular flexibility index (Phi) is 4.28. The molecule has 0 saturated heterocycles. The summed E-state index contributed by atoms with van der Waals surface area (Å²) in [7, 11) is 1.31. The summed E-state index contributed by atoms with van der Waals surface area (Å²) in [6.45, 7) is -0.367. The molecule has 0 radical (unpaired) electrons. The summed E-state index contributed by atoms with van der Waals surface area (Å²) in [5.41, 5.74) is 0.192. The number of ether oxygens (including phenoxy) is 1. The SMILES string of the molecule is O=C(OCCO)c1ccc(S(=O)(=O)Cl)cc1. The first-order valence-electron chi connectivity index (χ1n) is 4.28. The Hall–Kier alpha value is -1.11. The van der Waals surface area contributed by atoms with E-state index in [0.29, 0.717) is 0 Å². The molecule has 16 heavy (non-hydrogen) atoms. The first-order valence-corrected chi connectivity index (χ1v) is 6.59. The highest BCUT2D eigenvalue weighted by Gasteiger charge is 2.12. The zero-order chi connectivity index (χ0) is 12.2. The van der Waals surface area contributed by atoms with Crippen molar-refractivity contribution < 1.29 is 23.1 Å². The fraction of sp³-hybridized carbons (Fsp3) is 0.222. The Labute approximate surface area is 97.0 Å². The van der Waals surface area contributed by atoms with Crippen molar-refractivity contribution >= 4 is 25.7 Å². The smallest absolute Gasteiger partial charge is 0.338 e. The molecule has 0 aromatic heterocycles. The summed E-state index contributed by atoms with van der Waals surface area (Å²) in [5.74, 6) is -0.632. The van der Waals surface area contributed by atoms with Crippen LogP contribution in [0.15, 0.2) is 29.2 Å². The third-order valence-corrected chi connectivity index (χ3v) is 3.07. The molecule has 1 N–H and O–H groups in total. The second-order valence-corrected chi connectivity index (χ2v) is 5.39. The predicted octanol–water partition coefficient (Wildman–Crippen LogP) is 0.763. The summed E-state index contributed by atoms with van der Waals surface area (Å²) in [6, 6.07) is 4.99. The number of aliphatic hydroxyl groups is 1. The van der Waals surface area contributed by atoms with Crippen molar-refractivity contribution in [3.63, 3.8) is 0 Å². The average Bonchev–Trinajstić information content (AvgIpc) is 2.25. The Morgan fingerprint density at radius 2 is 1.88 bits per heavy atom.